The van der Waals surface area contributed by atoms with Crippen molar-refractivity contribution >= 4 is 43.2 Å². The maximum atomic E-state index is 5.58. The van der Waals surface area contributed by atoms with E-state index in [1.165, 1.54) is 0 Å². The summed E-state index contributed by atoms with van der Waals surface area (Å²) in [5.41, 5.74) is 0. The van der Waals surface area contributed by atoms with Gasteiger partial charge in [0.2, 0.25) is 5.82 Å². The third kappa shape index (κ3) is 2.53. The van der Waals surface area contributed by atoms with E-state index in [4.69, 9.17) is 9.26 Å². The van der Waals surface area contributed by atoms with Gasteiger partial charge in [0, 0.05) is 17.6 Å². The molecule has 0 aliphatic carbocycles. The van der Waals surface area contributed by atoms with Gasteiger partial charge in [-0.15, -0.1) is 11.3 Å². The second-order valence-electron chi connectivity index (χ2n) is 3.75. The van der Waals surface area contributed by atoms with Crippen LogP contribution in [0.2, 0.25) is 0 Å². The van der Waals surface area contributed by atoms with E-state index in [0.717, 1.165) is 26.2 Å². The van der Waals surface area contributed by atoms with E-state index in [-0.39, 0.29) is 6.10 Å². The zero-order valence-electron chi connectivity index (χ0n) is 9.15. The van der Waals surface area contributed by atoms with E-state index < -0.39 is 0 Å². The molecule has 0 amide bonds. The molecule has 2 aromatic heterocycles. The van der Waals surface area contributed by atoms with E-state index in [9.17, 15) is 0 Å². The second-order valence-corrected chi connectivity index (χ2v) is 6.98. The molecule has 3 rings (SSSR count). The molecule has 0 spiro atoms. The Kier molecular flexibility index (Phi) is 3.81. The van der Waals surface area contributed by atoms with Crippen molar-refractivity contribution in [1.82, 2.24) is 15.5 Å². The highest BCUT2D eigenvalue weighted by molar-refractivity contribution is 9.13. The zero-order chi connectivity index (χ0) is 12.5. The van der Waals surface area contributed by atoms with Gasteiger partial charge in [-0.3, -0.25) is 0 Å². The van der Waals surface area contributed by atoms with E-state index in [1.54, 1.807) is 11.3 Å². The summed E-state index contributed by atoms with van der Waals surface area (Å²) in [4.78, 5) is 5.31. The molecule has 0 radical (unpaired) electrons. The fourth-order valence-corrected chi connectivity index (χ4v) is 3.61. The van der Waals surface area contributed by atoms with E-state index >= 15 is 0 Å². The van der Waals surface area contributed by atoms with Gasteiger partial charge in [0.15, 0.2) is 0 Å². The summed E-state index contributed by atoms with van der Waals surface area (Å²) in [7, 11) is 0. The fourth-order valence-electron chi connectivity index (χ4n) is 1.65. The van der Waals surface area contributed by atoms with Crippen molar-refractivity contribution in [3.05, 3.63) is 20.1 Å². The normalized spacial score (nSPS) is 20.2. The minimum atomic E-state index is -0.122. The summed E-state index contributed by atoms with van der Waals surface area (Å²) in [6, 6.07) is 1.95. The van der Waals surface area contributed by atoms with Crippen molar-refractivity contribution in [3.63, 3.8) is 0 Å². The Balaban J connectivity index is 1.84. The molecule has 1 unspecified atom stereocenters. The standard InChI is InChI=1S/C10H9Br2N3O2S/c11-5-3-7(18-8(5)12)10-14-9(15-17-10)6-4-13-1-2-16-6/h3,6,13H,1-2,4H2. The Morgan fingerprint density at radius 3 is 3.00 bits per heavy atom. The first-order valence-corrected chi connectivity index (χ1v) is 7.75. The number of thiophene rings is 1. The molecule has 1 aliphatic heterocycles. The van der Waals surface area contributed by atoms with Gasteiger partial charge in [0.1, 0.15) is 6.10 Å². The van der Waals surface area contributed by atoms with Crippen molar-refractivity contribution in [2.45, 2.75) is 6.10 Å². The lowest BCUT2D eigenvalue weighted by molar-refractivity contribution is 0.0208. The van der Waals surface area contributed by atoms with Crippen LogP contribution in [0.25, 0.3) is 10.8 Å². The molecule has 96 valence electrons. The maximum Gasteiger partial charge on any atom is 0.268 e. The average molecular weight is 395 g/mol. The Morgan fingerprint density at radius 2 is 2.33 bits per heavy atom. The molecule has 1 aliphatic rings. The number of nitrogens with zero attached hydrogens (tertiary/aromatic N) is 2. The van der Waals surface area contributed by atoms with Gasteiger partial charge in [-0.25, -0.2) is 0 Å². The third-order valence-corrected chi connectivity index (χ3v) is 5.76. The van der Waals surface area contributed by atoms with Gasteiger partial charge >= 0.3 is 0 Å². The number of nitrogens with one attached hydrogen (secondary N) is 1. The molecular weight excluding hydrogens is 386 g/mol. The van der Waals surface area contributed by atoms with Crippen LogP contribution in [0.1, 0.15) is 11.9 Å². The van der Waals surface area contributed by atoms with Crippen molar-refractivity contribution in [3.8, 4) is 10.8 Å². The Bertz CT molecular complexity index is 532. The molecule has 0 saturated carbocycles. The topological polar surface area (TPSA) is 60.2 Å². The largest absolute Gasteiger partial charge is 0.367 e. The molecule has 1 N–H and O–H groups in total. The van der Waals surface area contributed by atoms with Crippen molar-refractivity contribution in [2.75, 3.05) is 19.7 Å². The molecule has 2 aromatic rings. The predicted octanol–water partition coefficient (Wildman–Crippen LogP) is 2.98. The van der Waals surface area contributed by atoms with Gasteiger partial charge in [-0.2, -0.15) is 4.98 Å². The highest BCUT2D eigenvalue weighted by Gasteiger charge is 2.22. The first-order valence-electron chi connectivity index (χ1n) is 5.35. The van der Waals surface area contributed by atoms with Crippen LogP contribution in [0, 0.1) is 0 Å². The summed E-state index contributed by atoms with van der Waals surface area (Å²) in [6.45, 7) is 2.26. The fraction of sp³-hybridized carbons (Fsp3) is 0.400. The monoisotopic (exact) mass is 393 g/mol. The number of morpholine rings is 1. The number of ether oxygens (including phenoxy) is 1. The number of hydrogen-bond donors (Lipinski definition) is 1. The first-order chi connectivity index (χ1) is 8.74. The number of rotatable bonds is 2. The molecule has 8 heteroatoms. The molecule has 3 heterocycles. The molecule has 1 saturated heterocycles. The highest BCUT2D eigenvalue weighted by atomic mass is 79.9. The van der Waals surface area contributed by atoms with Gasteiger partial charge < -0.3 is 14.6 Å². The van der Waals surface area contributed by atoms with Crippen LogP contribution in [-0.4, -0.2) is 29.8 Å². The van der Waals surface area contributed by atoms with Crippen LogP contribution in [-0.2, 0) is 4.74 Å². The predicted molar refractivity (Wildman–Crippen MR) is 74.6 cm³/mol. The number of hydrogen-bond acceptors (Lipinski definition) is 6. The Morgan fingerprint density at radius 1 is 1.44 bits per heavy atom. The third-order valence-electron chi connectivity index (χ3n) is 2.51. The van der Waals surface area contributed by atoms with Crippen LogP contribution in [0.5, 0.6) is 0 Å². The highest BCUT2D eigenvalue weighted by Crippen LogP contribution is 2.37. The lowest BCUT2D eigenvalue weighted by Gasteiger charge is -2.20. The van der Waals surface area contributed by atoms with Crippen molar-refractivity contribution in [2.24, 2.45) is 0 Å². The molecule has 0 bridgehead atoms. The van der Waals surface area contributed by atoms with Crippen LogP contribution >= 0.6 is 43.2 Å². The molecule has 5 nitrogen and oxygen atoms in total. The van der Waals surface area contributed by atoms with Gasteiger partial charge in [-0.1, -0.05) is 5.16 Å². The summed E-state index contributed by atoms with van der Waals surface area (Å²) in [6.07, 6.45) is -0.122. The molecular formula is C10H9Br2N3O2S. The van der Waals surface area contributed by atoms with Crippen molar-refractivity contribution < 1.29 is 9.26 Å². The van der Waals surface area contributed by atoms with Crippen LogP contribution < -0.4 is 5.32 Å². The number of halogens is 2. The average Bonchev–Trinajstić information content (AvgIpc) is 2.99. The number of aromatic nitrogens is 2. The van der Waals surface area contributed by atoms with Crippen LogP contribution in [0.3, 0.4) is 0 Å². The maximum absolute atomic E-state index is 5.58. The molecule has 1 atom stereocenters. The molecule has 1 fully saturated rings. The quantitative estimate of drug-likeness (QED) is 0.848. The Hall–Kier alpha value is -0.280. The molecule has 0 aromatic carbocycles. The van der Waals surface area contributed by atoms with Gasteiger partial charge in [0.25, 0.3) is 5.89 Å². The summed E-state index contributed by atoms with van der Waals surface area (Å²) in [5, 5.41) is 7.22. The van der Waals surface area contributed by atoms with E-state index in [1.807, 2.05) is 6.07 Å². The SMILES string of the molecule is Brc1cc(-c2nc(C3CNCCO3)no2)sc1Br. The smallest absolute Gasteiger partial charge is 0.268 e. The van der Waals surface area contributed by atoms with Crippen LogP contribution in [0.4, 0.5) is 0 Å². The van der Waals surface area contributed by atoms with E-state index in [2.05, 4.69) is 47.3 Å². The van der Waals surface area contributed by atoms with Crippen LogP contribution in [0.15, 0.2) is 18.8 Å². The lowest BCUT2D eigenvalue weighted by Crippen LogP contribution is -2.33. The lowest BCUT2D eigenvalue weighted by atomic mass is 10.3. The van der Waals surface area contributed by atoms with Gasteiger partial charge in [0.05, 0.1) is 15.3 Å². The Labute approximate surface area is 124 Å². The summed E-state index contributed by atoms with van der Waals surface area (Å²) in [5.74, 6) is 1.12. The summed E-state index contributed by atoms with van der Waals surface area (Å²) < 4.78 is 12.8. The molecule has 18 heavy (non-hydrogen) atoms. The first kappa shape index (κ1) is 12.7. The van der Waals surface area contributed by atoms with E-state index in [0.29, 0.717) is 18.3 Å². The zero-order valence-corrected chi connectivity index (χ0v) is 13.1. The summed E-state index contributed by atoms with van der Waals surface area (Å²) >= 11 is 8.42. The second kappa shape index (κ2) is 5.38. The van der Waals surface area contributed by atoms with Gasteiger partial charge in [-0.05, 0) is 37.9 Å². The van der Waals surface area contributed by atoms with Crippen molar-refractivity contribution in [1.29, 1.82) is 0 Å². The minimum Gasteiger partial charge on any atom is -0.367 e. The minimum absolute atomic E-state index is 0.122.